The van der Waals surface area contributed by atoms with Crippen molar-refractivity contribution in [3.8, 4) is 6.07 Å². The standard InChI is InChI=1S/C14H11BrN2S/c1-9-6-14(13(8-16)10(2)17-9)18-12-5-3-4-11(15)7-12/h3-7H,1-2H3. The summed E-state index contributed by atoms with van der Waals surface area (Å²) in [6.45, 7) is 3.82. The molecule has 1 aromatic carbocycles. The van der Waals surface area contributed by atoms with E-state index < -0.39 is 0 Å². The predicted octanol–water partition coefficient (Wildman–Crippen LogP) is 4.48. The third kappa shape index (κ3) is 2.92. The monoisotopic (exact) mass is 318 g/mol. The lowest BCUT2D eigenvalue weighted by Crippen LogP contribution is -1.93. The molecule has 18 heavy (non-hydrogen) atoms. The Labute approximate surface area is 119 Å². The Balaban J connectivity index is 2.43. The van der Waals surface area contributed by atoms with Crippen molar-refractivity contribution in [3.05, 3.63) is 51.8 Å². The summed E-state index contributed by atoms with van der Waals surface area (Å²) < 4.78 is 1.04. The predicted molar refractivity (Wildman–Crippen MR) is 76.7 cm³/mol. The highest BCUT2D eigenvalue weighted by Gasteiger charge is 2.09. The molecule has 0 unspecified atom stereocenters. The average molecular weight is 319 g/mol. The number of aryl methyl sites for hydroxylation is 2. The van der Waals surface area contributed by atoms with Gasteiger partial charge in [0.2, 0.25) is 0 Å². The fourth-order valence-electron chi connectivity index (χ4n) is 1.67. The molecule has 0 aliphatic rings. The highest BCUT2D eigenvalue weighted by molar-refractivity contribution is 9.10. The number of aromatic nitrogens is 1. The Morgan fingerprint density at radius 2 is 2.06 bits per heavy atom. The number of nitrogens with zero attached hydrogens (tertiary/aromatic N) is 2. The van der Waals surface area contributed by atoms with E-state index in [0.29, 0.717) is 5.56 Å². The van der Waals surface area contributed by atoms with Gasteiger partial charge in [-0.3, -0.25) is 4.98 Å². The van der Waals surface area contributed by atoms with Gasteiger partial charge in [0.15, 0.2) is 0 Å². The number of hydrogen-bond donors (Lipinski definition) is 0. The third-order valence-corrected chi connectivity index (χ3v) is 3.95. The summed E-state index contributed by atoms with van der Waals surface area (Å²) >= 11 is 5.04. The third-order valence-electron chi connectivity index (χ3n) is 2.43. The van der Waals surface area contributed by atoms with Crippen LogP contribution < -0.4 is 0 Å². The van der Waals surface area contributed by atoms with Crippen LogP contribution >= 0.6 is 27.7 Å². The second-order valence-corrected chi connectivity index (χ2v) is 5.92. The van der Waals surface area contributed by atoms with Gasteiger partial charge >= 0.3 is 0 Å². The molecular formula is C14H11BrN2S. The molecular weight excluding hydrogens is 308 g/mol. The number of benzene rings is 1. The molecule has 2 rings (SSSR count). The molecule has 0 saturated heterocycles. The minimum atomic E-state index is 0.658. The van der Waals surface area contributed by atoms with Crippen molar-refractivity contribution < 1.29 is 0 Å². The Kier molecular flexibility index (Phi) is 4.05. The zero-order chi connectivity index (χ0) is 13.1. The van der Waals surface area contributed by atoms with E-state index in [9.17, 15) is 5.26 Å². The molecule has 0 fully saturated rings. The molecule has 2 nitrogen and oxygen atoms in total. The van der Waals surface area contributed by atoms with Crippen LogP contribution in [0.5, 0.6) is 0 Å². The van der Waals surface area contributed by atoms with Crippen molar-refractivity contribution in [1.29, 1.82) is 5.26 Å². The summed E-state index contributed by atoms with van der Waals surface area (Å²) in [5.41, 5.74) is 2.38. The summed E-state index contributed by atoms with van der Waals surface area (Å²) in [5, 5.41) is 9.21. The second-order valence-electron chi connectivity index (χ2n) is 3.89. The van der Waals surface area contributed by atoms with Gasteiger partial charge in [0.1, 0.15) is 6.07 Å². The molecule has 0 bridgehead atoms. The molecule has 0 N–H and O–H groups in total. The first-order chi connectivity index (χ1) is 8.60. The molecule has 90 valence electrons. The van der Waals surface area contributed by atoms with Crippen LogP contribution in [0, 0.1) is 25.2 Å². The molecule has 4 heteroatoms. The van der Waals surface area contributed by atoms with Crippen molar-refractivity contribution in [2.45, 2.75) is 23.6 Å². The molecule has 0 radical (unpaired) electrons. The summed E-state index contributed by atoms with van der Waals surface area (Å²) in [6.07, 6.45) is 0. The van der Waals surface area contributed by atoms with E-state index >= 15 is 0 Å². The van der Waals surface area contributed by atoms with E-state index in [1.165, 1.54) is 0 Å². The van der Waals surface area contributed by atoms with Crippen molar-refractivity contribution in [2.24, 2.45) is 0 Å². The van der Waals surface area contributed by atoms with Crippen LogP contribution in [0.1, 0.15) is 17.0 Å². The van der Waals surface area contributed by atoms with Crippen molar-refractivity contribution in [2.75, 3.05) is 0 Å². The van der Waals surface area contributed by atoms with E-state index in [4.69, 9.17) is 0 Å². The van der Waals surface area contributed by atoms with Gasteiger partial charge in [-0.1, -0.05) is 33.8 Å². The fourth-order valence-corrected chi connectivity index (χ4v) is 3.33. The second kappa shape index (κ2) is 5.55. The topological polar surface area (TPSA) is 36.7 Å². The van der Waals surface area contributed by atoms with Crippen LogP contribution in [0.25, 0.3) is 0 Å². The molecule has 1 aromatic heterocycles. The first-order valence-corrected chi connectivity index (χ1v) is 7.03. The lowest BCUT2D eigenvalue weighted by atomic mass is 10.2. The van der Waals surface area contributed by atoms with Crippen LogP contribution in [0.15, 0.2) is 44.6 Å². The maximum Gasteiger partial charge on any atom is 0.102 e. The molecule has 0 amide bonds. The average Bonchev–Trinajstić information content (AvgIpc) is 2.28. The van der Waals surface area contributed by atoms with Crippen molar-refractivity contribution in [3.63, 3.8) is 0 Å². The number of nitriles is 1. The first kappa shape index (κ1) is 13.1. The lowest BCUT2D eigenvalue weighted by molar-refractivity contribution is 1.07. The van der Waals surface area contributed by atoms with Gasteiger partial charge in [-0.25, -0.2) is 0 Å². The van der Waals surface area contributed by atoms with Crippen LogP contribution in [0.2, 0.25) is 0 Å². The Morgan fingerprint density at radius 1 is 1.28 bits per heavy atom. The summed E-state index contributed by atoms with van der Waals surface area (Å²) in [5.74, 6) is 0. The van der Waals surface area contributed by atoms with E-state index in [1.54, 1.807) is 11.8 Å². The molecule has 2 aromatic rings. The minimum absolute atomic E-state index is 0.658. The Hall–Kier alpha value is -1.31. The quantitative estimate of drug-likeness (QED) is 0.818. The van der Waals surface area contributed by atoms with Gasteiger partial charge in [-0.05, 0) is 38.1 Å². The normalized spacial score (nSPS) is 10.1. The van der Waals surface area contributed by atoms with Gasteiger partial charge in [0, 0.05) is 20.0 Å². The lowest BCUT2D eigenvalue weighted by Gasteiger charge is -2.07. The van der Waals surface area contributed by atoms with Gasteiger partial charge in [-0.2, -0.15) is 5.26 Å². The van der Waals surface area contributed by atoms with Crippen molar-refractivity contribution >= 4 is 27.7 Å². The van der Waals surface area contributed by atoms with E-state index in [0.717, 1.165) is 25.7 Å². The first-order valence-electron chi connectivity index (χ1n) is 5.42. The van der Waals surface area contributed by atoms with Gasteiger partial charge in [-0.15, -0.1) is 0 Å². The minimum Gasteiger partial charge on any atom is -0.257 e. The SMILES string of the molecule is Cc1cc(Sc2cccc(Br)c2)c(C#N)c(C)n1. The molecule has 0 aliphatic carbocycles. The van der Waals surface area contributed by atoms with Crippen LogP contribution in [0.4, 0.5) is 0 Å². The summed E-state index contributed by atoms with van der Waals surface area (Å²) in [4.78, 5) is 6.38. The number of hydrogen-bond acceptors (Lipinski definition) is 3. The molecule has 0 aliphatic heterocycles. The van der Waals surface area contributed by atoms with E-state index in [-0.39, 0.29) is 0 Å². The molecule has 0 spiro atoms. The maximum atomic E-state index is 9.21. The van der Waals surface area contributed by atoms with E-state index in [1.807, 2.05) is 44.2 Å². The Morgan fingerprint density at radius 3 is 2.72 bits per heavy atom. The zero-order valence-corrected chi connectivity index (χ0v) is 12.5. The Bertz CT molecular complexity index is 632. The van der Waals surface area contributed by atoms with Crippen LogP contribution in [-0.4, -0.2) is 4.98 Å². The van der Waals surface area contributed by atoms with Crippen LogP contribution in [-0.2, 0) is 0 Å². The highest BCUT2D eigenvalue weighted by Crippen LogP contribution is 2.32. The molecule has 1 heterocycles. The summed E-state index contributed by atoms with van der Waals surface area (Å²) in [7, 11) is 0. The number of halogens is 1. The number of pyridine rings is 1. The van der Waals surface area contributed by atoms with Gasteiger partial charge in [0.25, 0.3) is 0 Å². The number of rotatable bonds is 2. The summed E-state index contributed by atoms with van der Waals surface area (Å²) in [6, 6.07) is 12.2. The molecule has 0 saturated carbocycles. The largest absolute Gasteiger partial charge is 0.257 e. The van der Waals surface area contributed by atoms with Crippen molar-refractivity contribution in [1.82, 2.24) is 4.98 Å². The van der Waals surface area contributed by atoms with Crippen LogP contribution in [0.3, 0.4) is 0 Å². The fraction of sp³-hybridized carbons (Fsp3) is 0.143. The van der Waals surface area contributed by atoms with Gasteiger partial charge < -0.3 is 0 Å². The smallest absolute Gasteiger partial charge is 0.102 e. The zero-order valence-electron chi connectivity index (χ0n) is 10.1. The maximum absolute atomic E-state index is 9.21. The van der Waals surface area contributed by atoms with Gasteiger partial charge in [0.05, 0.1) is 11.3 Å². The van der Waals surface area contributed by atoms with E-state index in [2.05, 4.69) is 27.0 Å². The highest BCUT2D eigenvalue weighted by atomic mass is 79.9. The molecule has 0 atom stereocenters.